The first-order valence-corrected chi connectivity index (χ1v) is 20.4. The van der Waals surface area contributed by atoms with Crippen LogP contribution in [-0.4, -0.2) is 101 Å². The molecule has 1 aliphatic carbocycles. The van der Waals surface area contributed by atoms with Crippen LogP contribution in [0.5, 0.6) is 11.5 Å². The molecule has 2 aromatic carbocycles. The van der Waals surface area contributed by atoms with E-state index in [1.54, 1.807) is 13.0 Å². The van der Waals surface area contributed by atoms with E-state index in [9.17, 15) is 40.2 Å². The molecule has 1 saturated heterocycles. The van der Waals surface area contributed by atoms with E-state index in [1.807, 2.05) is 36.1 Å². The Balaban J connectivity index is 1.16. The van der Waals surface area contributed by atoms with Crippen molar-refractivity contribution >= 4 is 27.8 Å². The summed E-state index contributed by atoms with van der Waals surface area (Å²) in [7, 11) is 0. The topological polar surface area (TPSA) is 229 Å². The van der Waals surface area contributed by atoms with Crippen molar-refractivity contribution in [3.8, 4) is 17.2 Å². The number of amides is 1. The van der Waals surface area contributed by atoms with Gasteiger partial charge in [0.15, 0.2) is 16.8 Å². The van der Waals surface area contributed by atoms with Crippen molar-refractivity contribution in [2.45, 2.75) is 107 Å². The summed E-state index contributed by atoms with van der Waals surface area (Å²) in [5.41, 5.74) is -1.23. The standard InChI is InChI=1S/C44H53N3O12/c1-25-16-33(50)31-17-28-18-35(59-56-24-44(55,40(53)37(52)34(51)23-48)19-26-6-8-30(49)9-7-26)42(2,14-10-29-20-46-41(54)43(29)12-4-3-5-13-43)58-38(28)36(39(31)57-25)47-21-27-11-15-45-32(27)22-47/h6-9,11,15-17,21-22,29,34-35,37,40,45,48-49,51-53,55H,3-5,10,12-14,18-20,23-24H2,1-2H3,(H,46,54). The molecule has 2 fully saturated rings. The van der Waals surface area contributed by atoms with Gasteiger partial charge in [0.2, 0.25) is 5.91 Å². The summed E-state index contributed by atoms with van der Waals surface area (Å²) in [6.45, 7) is 2.60. The van der Waals surface area contributed by atoms with Crippen LogP contribution in [0.15, 0.2) is 70.3 Å². The number of rotatable bonds is 14. The van der Waals surface area contributed by atoms with Gasteiger partial charge in [-0.15, -0.1) is 0 Å². The predicted octanol–water partition coefficient (Wildman–Crippen LogP) is 3.61. The smallest absolute Gasteiger partial charge is 0.226 e. The van der Waals surface area contributed by atoms with E-state index in [1.165, 1.54) is 30.3 Å². The summed E-state index contributed by atoms with van der Waals surface area (Å²) in [4.78, 5) is 42.2. The Morgan fingerprint density at radius 2 is 1.81 bits per heavy atom. The molecule has 1 amide bonds. The fourth-order valence-electron chi connectivity index (χ4n) is 9.56. The normalized spacial score (nSPS) is 24.1. The number of hydrogen-bond donors (Lipinski definition) is 8. The molecule has 0 radical (unpaired) electrons. The molecule has 15 heteroatoms. The molecule has 1 saturated carbocycles. The van der Waals surface area contributed by atoms with E-state index in [4.69, 9.17) is 18.9 Å². The maximum Gasteiger partial charge on any atom is 0.226 e. The highest BCUT2D eigenvalue weighted by Crippen LogP contribution is 2.50. The second kappa shape index (κ2) is 16.0. The number of carbonyl (C=O) groups is 1. The van der Waals surface area contributed by atoms with Gasteiger partial charge in [0.25, 0.3) is 0 Å². The van der Waals surface area contributed by atoms with E-state index in [2.05, 4.69) is 10.3 Å². The van der Waals surface area contributed by atoms with Gasteiger partial charge in [-0.1, -0.05) is 31.4 Å². The number of H-pyrrole nitrogens is 1. The number of hydrogen-bond acceptors (Lipinski definition) is 12. The number of aryl methyl sites for hydroxylation is 1. The van der Waals surface area contributed by atoms with Crippen molar-refractivity contribution < 1.29 is 54.4 Å². The van der Waals surface area contributed by atoms with Crippen LogP contribution < -0.4 is 15.5 Å². The first-order valence-electron chi connectivity index (χ1n) is 20.4. The Morgan fingerprint density at radius 1 is 1.05 bits per heavy atom. The fraction of sp³-hybridized carbons (Fsp3) is 0.500. The largest absolute Gasteiger partial charge is 0.508 e. The highest BCUT2D eigenvalue weighted by molar-refractivity contribution is 5.91. The van der Waals surface area contributed by atoms with Gasteiger partial charge in [0.05, 0.1) is 22.9 Å². The lowest BCUT2D eigenvalue weighted by molar-refractivity contribution is -0.371. The molecule has 2 aliphatic heterocycles. The Morgan fingerprint density at radius 3 is 2.54 bits per heavy atom. The van der Waals surface area contributed by atoms with Crippen molar-refractivity contribution in [1.82, 2.24) is 14.9 Å². The molecule has 1 spiro atoms. The van der Waals surface area contributed by atoms with E-state index in [-0.39, 0.29) is 35.8 Å². The average molecular weight is 816 g/mol. The number of aromatic nitrogens is 2. The summed E-state index contributed by atoms with van der Waals surface area (Å²) >= 11 is 0. The number of phenols is 1. The lowest BCUT2D eigenvalue weighted by Gasteiger charge is -2.44. The summed E-state index contributed by atoms with van der Waals surface area (Å²) in [5, 5.41) is 67.8. The van der Waals surface area contributed by atoms with Gasteiger partial charge in [-0.3, -0.25) is 9.59 Å². The molecule has 7 atom stereocenters. The maximum atomic E-state index is 13.5. The molecule has 5 aromatic rings. The fourth-order valence-corrected chi connectivity index (χ4v) is 9.56. The zero-order valence-electron chi connectivity index (χ0n) is 33.2. The number of aromatic hydroxyl groups is 1. The van der Waals surface area contributed by atoms with Crippen molar-refractivity contribution in [1.29, 1.82) is 0 Å². The number of fused-ring (bicyclic) bond motifs is 3. The summed E-state index contributed by atoms with van der Waals surface area (Å²) in [5.74, 6) is 1.05. The maximum absolute atomic E-state index is 13.5. The van der Waals surface area contributed by atoms with Crippen LogP contribution in [0.25, 0.3) is 27.6 Å². The molecule has 7 unspecified atom stereocenters. The van der Waals surface area contributed by atoms with Gasteiger partial charge in [-0.25, -0.2) is 9.78 Å². The van der Waals surface area contributed by atoms with Gasteiger partial charge in [-0.2, -0.15) is 0 Å². The number of nitrogens with one attached hydrogen (secondary N) is 2. The van der Waals surface area contributed by atoms with Crippen molar-refractivity contribution in [2.75, 3.05) is 19.8 Å². The molecule has 8 N–H and O–H groups in total. The number of benzene rings is 2. The summed E-state index contributed by atoms with van der Waals surface area (Å²) in [6, 6.07) is 11.0. The van der Waals surface area contributed by atoms with Crippen LogP contribution >= 0.6 is 0 Å². The lowest BCUT2D eigenvalue weighted by Crippen LogP contribution is -2.58. The third kappa shape index (κ3) is 7.65. The van der Waals surface area contributed by atoms with Crippen LogP contribution in [0.4, 0.5) is 0 Å². The van der Waals surface area contributed by atoms with Crippen LogP contribution in [0.2, 0.25) is 0 Å². The molecular weight excluding hydrogens is 762 g/mol. The van der Waals surface area contributed by atoms with E-state index < -0.39 is 54.2 Å². The predicted molar refractivity (Wildman–Crippen MR) is 215 cm³/mol. The number of ether oxygens (including phenoxy) is 1. The van der Waals surface area contributed by atoms with Gasteiger partial charge in [0, 0.05) is 55.0 Å². The second-order valence-electron chi connectivity index (χ2n) is 17.1. The van der Waals surface area contributed by atoms with Gasteiger partial charge >= 0.3 is 0 Å². The van der Waals surface area contributed by atoms with Gasteiger partial charge in [-0.05, 0) is 75.3 Å². The third-order valence-electron chi connectivity index (χ3n) is 13.1. The number of aliphatic hydroxyl groups excluding tert-OH is 4. The Bertz CT molecular complexity index is 2340. The first kappa shape index (κ1) is 41.0. The molecule has 0 bridgehead atoms. The minimum absolute atomic E-state index is 0.0181. The van der Waals surface area contributed by atoms with E-state index in [0.29, 0.717) is 58.7 Å². The van der Waals surface area contributed by atoms with Crippen LogP contribution in [0.3, 0.4) is 0 Å². The highest BCUT2D eigenvalue weighted by Gasteiger charge is 2.52. The lowest BCUT2D eigenvalue weighted by atomic mass is 9.65. The monoisotopic (exact) mass is 815 g/mol. The van der Waals surface area contributed by atoms with E-state index >= 15 is 0 Å². The SMILES string of the molecule is Cc1cc(=O)c2cc3c(c(-n4cc5cc[nH]c5c4)c2o1)OC(C)(CCC1CNC(=O)C12CCCCC2)C(OOCC(O)(Cc1ccc(O)cc1)C(O)C(O)C(O)CO)C3. The Kier molecular flexibility index (Phi) is 11.1. The Hall–Kier alpha value is -4.74. The summed E-state index contributed by atoms with van der Waals surface area (Å²) in [6.07, 6.45) is 4.69. The van der Waals surface area contributed by atoms with E-state index in [0.717, 1.165) is 43.0 Å². The van der Waals surface area contributed by atoms with Gasteiger partial charge in [0.1, 0.15) is 59.4 Å². The summed E-state index contributed by atoms with van der Waals surface area (Å²) < 4.78 is 15.3. The average Bonchev–Trinajstić information content (AvgIpc) is 3.91. The zero-order chi connectivity index (χ0) is 41.7. The quantitative estimate of drug-likeness (QED) is 0.0594. The molecule has 316 valence electrons. The van der Waals surface area contributed by atoms with Crippen molar-refractivity contribution in [2.24, 2.45) is 11.3 Å². The minimum atomic E-state index is -2.27. The molecule has 3 aromatic heterocycles. The van der Waals surface area contributed by atoms with Crippen molar-refractivity contribution in [3.05, 3.63) is 88.2 Å². The molecular formula is C44H53N3O12. The van der Waals surface area contributed by atoms with Crippen LogP contribution in [0, 0.1) is 18.3 Å². The zero-order valence-corrected chi connectivity index (χ0v) is 33.2. The number of phenolic OH excluding ortho intramolecular Hbond substituents is 1. The molecule has 8 rings (SSSR count). The highest BCUT2D eigenvalue weighted by atomic mass is 17.2. The Labute approximate surface area is 340 Å². The van der Waals surface area contributed by atoms with Gasteiger partial charge < -0.3 is 54.7 Å². The van der Waals surface area contributed by atoms with Crippen LogP contribution in [0.1, 0.15) is 68.8 Å². The number of aliphatic hydroxyl groups is 5. The van der Waals surface area contributed by atoms with Crippen molar-refractivity contribution in [3.63, 3.8) is 0 Å². The second-order valence-corrected chi connectivity index (χ2v) is 17.1. The number of aromatic amines is 1. The minimum Gasteiger partial charge on any atom is -0.508 e. The molecule has 3 aliphatic rings. The number of carbonyl (C=O) groups excluding carboxylic acids is 1. The number of nitrogens with zero attached hydrogens (tertiary/aromatic N) is 1. The third-order valence-corrected chi connectivity index (χ3v) is 13.1. The first-order chi connectivity index (χ1) is 28.2. The molecule has 59 heavy (non-hydrogen) atoms. The molecule has 15 nitrogen and oxygen atoms in total. The molecule has 5 heterocycles. The van der Waals surface area contributed by atoms with Crippen LogP contribution in [-0.2, 0) is 27.4 Å².